The van der Waals surface area contributed by atoms with E-state index in [1.54, 1.807) is 4.90 Å². The number of halogens is 6. The summed E-state index contributed by atoms with van der Waals surface area (Å²) < 4.78 is 73.7. The molecule has 0 bridgehead atoms. The molecular weight excluding hydrogens is 438 g/mol. The second-order valence-electron chi connectivity index (χ2n) is 8.03. The molecule has 0 radical (unpaired) electrons. The number of pyridine rings is 2. The van der Waals surface area contributed by atoms with Crippen molar-refractivity contribution in [1.82, 2.24) is 9.97 Å². The van der Waals surface area contributed by atoms with Gasteiger partial charge in [-0.3, -0.25) is 0 Å². The Hall–Kier alpha value is -2.56. The van der Waals surface area contributed by atoms with Gasteiger partial charge in [0.1, 0.15) is 11.6 Å². The molecule has 2 aliphatic heterocycles. The van der Waals surface area contributed by atoms with E-state index in [-0.39, 0.29) is 0 Å². The minimum absolute atomic E-state index is 0.413. The van der Waals surface area contributed by atoms with Gasteiger partial charge in [0.05, 0.1) is 17.2 Å². The lowest BCUT2D eigenvalue weighted by molar-refractivity contribution is -0.138. The van der Waals surface area contributed by atoms with Crippen LogP contribution in [0, 0.1) is 5.92 Å². The van der Waals surface area contributed by atoms with Gasteiger partial charge in [-0.05, 0) is 43.0 Å². The standard InChI is InChI=1S/C11H13F3N2.C10H11F3N2O/c1-8-4-5-16(7-8)10-3-2-9(6-15-10)11(12,13)14;11-10(12,13)7-1-2-9(14-5-7)15-4-3-8(16)6-15/h2-3,6,8H,4-5,7H2,1H3;1-2,5,8,16H,3-4,6H2/t2*8-/m11/s1. The van der Waals surface area contributed by atoms with Gasteiger partial charge in [-0.1, -0.05) is 6.92 Å². The van der Waals surface area contributed by atoms with Gasteiger partial charge in [-0.15, -0.1) is 0 Å². The van der Waals surface area contributed by atoms with E-state index in [0.29, 0.717) is 37.1 Å². The number of aromatic nitrogens is 2. The fourth-order valence-electron chi connectivity index (χ4n) is 3.57. The first-order chi connectivity index (χ1) is 14.9. The topological polar surface area (TPSA) is 52.5 Å². The lowest BCUT2D eigenvalue weighted by Gasteiger charge is -2.17. The first-order valence-corrected chi connectivity index (χ1v) is 10.2. The van der Waals surface area contributed by atoms with Crippen LogP contribution in [-0.2, 0) is 12.4 Å². The lowest BCUT2D eigenvalue weighted by Crippen LogP contribution is -2.22. The van der Waals surface area contributed by atoms with Crippen molar-refractivity contribution in [3.8, 4) is 0 Å². The molecule has 0 aromatic carbocycles. The summed E-state index contributed by atoms with van der Waals surface area (Å²) in [5.74, 6) is 1.70. The highest BCUT2D eigenvalue weighted by Gasteiger charge is 2.32. The molecule has 176 valence electrons. The SMILES string of the molecule is C[C@@H]1CCN(c2ccc(C(F)(F)F)cn2)C1.O[C@@H]1CCN(c2ccc(C(F)(F)F)cn2)C1. The molecular formula is C21H24F6N4O. The van der Waals surface area contributed by atoms with Crippen molar-refractivity contribution < 1.29 is 31.4 Å². The smallest absolute Gasteiger partial charge is 0.391 e. The van der Waals surface area contributed by atoms with Crippen molar-refractivity contribution in [2.24, 2.45) is 5.92 Å². The van der Waals surface area contributed by atoms with E-state index in [4.69, 9.17) is 0 Å². The maximum absolute atomic E-state index is 12.3. The fourth-order valence-corrected chi connectivity index (χ4v) is 3.57. The van der Waals surface area contributed by atoms with Crippen LogP contribution in [0.4, 0.5) is 38.0 Å². The van der Waals surface area contributed by atoms with E-state index in [0.717, 1.165) is 44.0 Å². The van der Waals surface area contributed by atoms with Crippen LogP contribution in [0.2, 0.25) is 0 Å². The molecule has 32 heavy (non-hydrogen) atoms. The zero-order valence-corrected chi connectivity index (χ0v) is 17.4. The first-order valence-electron chi connectivity index (χ1n) is 10.2. The summed E-state index contributed by atoms with van der Waals surface area (Å²) in [7, 11) is 0. The molecule has 2 atom stereocenters. The Kier molecular flexibility index (Phi) is 7.16. The van der Waals surface area contributed by atoms with Gasteiger partial charge in [0.25, 0.3) is 0 Å². The quantitative estimate of drug-likeness (QED) is 0.661. The van der Waals surface area contributed by atoms with Gasteiger partial charge in [0.2, 0.25) is 0 Å². The molecule has 4 rings (SSSR count). The second kappa shape index (κ2) is 9.51. The van der Waals surface area contributed by atoms with E-state index in [1.165, 1.54) is 12.1 Å². The molecule has 11 heteroatoms. The van der Waals surface area contributed by atoms with Crippen molar-refractivity contribution in [1.29, 1.82) is 0 Å². The average molecular weight is 462 g/mol. The Labute approximate surface area is 181 Å². The summed E-state index contributed by atoms with van der Waals surface area (Å²) in [5.41, 5.74) is -1.44. The van der Waals surface area contributed by atoms with Gasteiger partial charge in [0, 0.05) is 38.6 Å². The minimum atomic E-state index is -4.35. The summed E-state index contributed by atoms with van der Waals surface area (Å²) in [6.07, 6.45) is -5.65. The number of anilines is 2. The summed E-state index contributed by atoms with van der Waals surface area (Å²) in [4.78, 5) is 11.4. The van der Waals surface area contributed by atoms with Crippen molar-refractivity contribution in [2.75, 3.05) is 36.0 Å². The highest BCUT2D eigenvalue weighted by molar-refractivity contribution is 5.41. The number of alkyl halides is 6. The van der Waals surface area contributed by atoms with Gasteiger partial charge in [0.15, 0.2) is 0 Å². The number of hydrogen-bond acceptors (Lipinski definition) is 5. The zero-order chi connectivity index (χ0) is 23.5. The van der Waals surface area contributed by atoms with Gasteiger partial charge < -0.3 is 14.9 Å². The molecule has 1 N–H and O–H groups in total. The van der Waals surface area contributed by atoms with E-state index in [1.807, 2.05) is 4.90 Å². The third kappa shape index (κ3) is 6.24. The largest absolute Gasteiger partial charge is 0.417 e. The highest BCUT2D eigenvalue weighted by Crippen LogP contribution is 2.31. The number of hydrogen-bond donors (Lipinski definition) is 1. The second-order valence-corrected chi connectivity index (χ2v) is 8.03. The van der Waals surface area contributed by atoms with E-state index >= 15 is 0 Å². The van der Waals surface area contributed by atoms with Crippen molar-refractivity contribution >= 4 is 11.6 Å². The van der Waals surface area contributed by atoms with Crippen LogP contribution >= 0.6 is 0 Å². The van der Waals surface area contributed by atoms with Crippen LogP contribution in [-0.4, -0.2) is 47.4 Å². The van der Waals surface area contributed by atoms with Crippen LogP contribution in [0.25, 0.3) is 0 Å². The summed E-state index contributed by atoms with van der Waals surface area (Å²) in [6.45, 7) is 4.93. The summed E-state index contributed by atoms with van der Waals surface area (Å²) >= 11 is 0. The van der Waals surface area contributed by atoms with E-state index < -0.39 is 29.6 Å². The average Bonchev–Trinajstić information content (AvgIpc) is 3.36. The Bertz CT molecular complexity index is 796. The van der Waals surface area contributed by atoms with Crippen molar-refractivity contribution in [2.45, 2.75) is 38.2 Å². The predicted octanol–water partition coefficient (Wildman–Crippen LogP) is 4.62. The molecule has 2 aliphatic rings. The zero-order valence-electron chi connectivity index (χ0n) is 17.4. The number of β-amino-alcohol motifs (C(OH)–C–C–N with tert-alkyl or cyclic N) is 1. The van der Waals surface area contributed by atoms with Crippen LogP contribution in [0.5, 0.6) is 0 Å². The molecule has 2 aromatic heterocycles. The van der Waals surface area contributed by atoms with Crippen LogP contribution in [0.1, 0.15) is 30.9 Å². The summed E-state index contributed by atoms with van der Waals surface area (Å²) in [5, 5.41) is 9.30. The van der Waals surface area contributed by atoms with Gasteiger partial charge in [-0.25, -0.2) is 9.97 Å². The third-order valence-electron chi connectivity index (χ3n) is 5.39. The summed E-state index contributed by atoms with van der Waals surface area (Å²) in [6, 6.07) is 4.88. The Morgan fingerprint density at radius 3 is 1.56 bits per heavy atom. The van der Waals surface area contributed by atoms with Crippen LogP contribution < -0.4 is 9.80 Å². The Balaban J connectivity index is 0.000000181. The predicted molar refractivity (Wildman–Crippen MR) is 107 cm³/mol. The minimum Gasteiger partial charge on any atom is -0.391 e. The number of aliphatic hydroxyl groups excluding tert-OH is 1. The molecule has 0 spiro atoms. The number of rotatable bonds is 2. The molecule has 0 saturated carbocycles. The molecule has 2 aromatic rings. The molecule has 2 saturated heterocycles. The maximum atomic E-state index is 12.3. The molecule has 0 aliphatic carbocycles. The number of aliphatic hydroxyl groups is 1. The van der Waals surface area contributed by atoms with Crippen molar-refractivity contribution in [3.63, 3.8) is 0 Å². The van der Waals surface area contributed by atoms with Crippen molar-refractivity contribution in [3.05, 3.63) is 47.8 Å². The molecule has 2 fully saturated rings. The third-order valence-corrected chi connectivity index (χ3v) is 5.39. The Morgan fingerprint density at radius 2 is 1.25 bits per heavy atom. The first kappa shape index (κ1) is 24.1. The maximum Gasteiger partial charge on any atom is 0.417 e. The van der Waals surface area contributed by atoms with Crippen LogP contribution in [0.3, 0.4) is 0 Å². The number of nitrogens with zero attached hydrogens (tertiary/aromatic N) is 4. The normalized spacial score (nSPS) is 21.5. The highest BCUT2D eigenvalue weighted by atomic mass is 19.4. The van der Waals surface area contributed by atoms with E-state index in [9.17, 15) is 31.4 Å². The Morgan fingerprint density at radius 1 is 0.781 bits per heavy atom. The molecule has 5 nitrogen and oxygen atoms in total. The monoisotopic (exact) mass is 462 g/mol. The van der Waals surface area contributed by atoms with Crippen LogP contribution in [0.15, 0.2) is 36.7 Å². The molecule has 4 heterocycles. The van der Waals surface area contributed by atoms with Gasteiger partial charge in [-0.2, -0.15) is 26.3 Å². The lowest BCUT2D eigenvalue weighted by atomic mass is 10.2. The molecule has 0 unspecified atom stereocenters. The fraction of sp³-hybridized carbons (Fsp3) is 0.524. The molecule has 0 amide bonds. The van der Waals surface area contributed by atoms with Gasteiger partial charge >= 0.3 is 12.4 Å². The van der Waals surface area contributed by atoms with E-state index in [2.05, 4.69) is 16.9 Å².